The number of nitrogens with zero attached hydrogens (tertiary/aromatic N) is 1. The van der Waals surface area contributed by atoms with Crippen molar-refractivity contribution in [2.24, 2.45) is 0 Å². The Balaban J connectivity index is 1.60. The third-order valence-corrected chi connectivity index (χ3v) is 5.24. The molecule has 2 atom stereocenters. The van der Waals surface area contributed by atoms with Crippen molar-refractivity contribution in [3.63, 3.8) is 0 Å². The molecule has 0 aromatic heterocycles. The molecular weight excluding hydrogens is 351 g/mol. The summed E-state index contributed by atoms with van der Waals surface area (Å²) >= 11 is 0. The van der Waals surface area contributed by atoms with Gasteiger partial charge in [-0.15, -0.1) is 0 Å². The smallest absolute Gasteiger partial charge is 0.231 e. The van der Waals surface area contributed by atoms with Gasteiger partial charge < -0.3 is 10.2 Å². The molecule has 3 aromatic rings. The number of hydrogen-bond donors (Lipinski definition) is 1. The van der Waals surface area contributed by atoms with Crippen LogP contribution in [-0.4, -0.2) is 11.9 Å². The molecule has 0 saturated heterocycles. The Hall–Kier alpha value is -3.14. The van der Waals surface area contributed by atoms with Crippen LogP contribution in [0.25, 0.3) is 0 Å². The third-order valence-electron chi connectivity index (χ3n) is 5.24. The van der Waals surface area contributed by atoms with Gasteiger partial charge in [-0.2, -0.15) is 0 Å². The largest absolute Gasteiger partial charge is 0.378 e. The lowest BCUT2D eigenvalue weighted by atomic mass is 9.91. The molecule has 4 heteroatoms. The fourth-order valence-electron chi connectivity index (χ4n) is 3.93. The Morgan fingerprint density at radius 3 is 2.43 bits per heavy atom. The first-order valence-electron chi connectivity index (χ1n) is 9.59. The minimum absolute atomic E-state index is 0.0321. The number of hydrogen-bond acceptors (Lipinski definition) is 2. The van der Waals surface area contributed by atoms with Crippen LogP contribution in [0.15, 0.2) is 78.9 Å². The molecule has 142 valence electrons. The molecule has 0 saturated carbocycles. The van der Waals surface area contributed by atoms with Gasteiger partial charge in [0.05, 0.1) is 12.5 Å². The van der Waals surface area contributed by atoms with E-state index in [2.05, 4.69) is 30.4 Å². The summed E-state index contributed by atoms with van der Waals surface area (Å²) in [5.74, 6) is -0.257. The van der Waals surface area contributed by atoms with Crippen LogP contribution in [0.2, 0.25) is 0 Å². The standard InChI is InChI=1S/C24H23FN2O/c1-17-15-22(26-20-7-3-2-4-8-20)21-9-5-6-10-23(21)27(17)24(28)16-18-11-13-19(25)14-12-18/h2-14,17,22,26H,15-16H2,1H3/t17-,22+/m0/s1. The van der Waals surface area contributed by atoms with E-state index in [0.717, 1.165) is 28.9 Å². The highest BCUT2D eigenvalue weighted by molar-refractivity contribution is 5.96. The summed E-state index contributed by atoms with van der Waals surface area (Å²) in [6, 6.07) is 24.5. The van der Waals surface area contributed by atoms with Gasteiger partial charge in [0.2, 0.25) is 5.91 Å². The quantitative estimate of drug-likeness (QED) is 0.668. The number of para-hydroxylation sites is 2. The van der Waals surface area contributed by atoms with E-state index in [1.807, 2.05) is 41.3 Å². The topological polar surface area (TPSA) is 32.3 Å². The van der Waals surface area contributed by atoms with Crippen molar-refractivity contribution in [1.29, 1.82) is 0 Å². The lowest BCUT2D eigenvalue weighted by Crippen LogP contribution is -2.45. The predicted molar refractivity (Wildman–Crippen MR) is 111 cm³/mol. The minimum atomic E-state index is -0.289. The molecule has 0 bridgehead atoms. The Morgan fingerprint density at radius 1 is 1.00 bits per heavy atom. The molecule has 4 rings (SSSR count). The molecule has 1 N–H and O–H groups in total. The molecule has 1 aliphatic rings. The maximum absolute atomic E-state index is 13.2. The second-order valence-corrected chi connectivity index (χ2v) is 7.27. The van der Waals surface area contributed by atoms with E-state index in [0.29, 0.717) is 0 Å². The summed E-state index contributed by atoms with van der Waals surface area (Å²) in [6.07, 6.45) is 1.08. The second-order valence-electron chi connectivity index (χ2n) is 7.27. The van der Waals surface area contributed by atoms with Gasteiger partial charge in [0.1, 0.15) is 5.82 Å². The third kappa shape index (κ3) is 3.77. The van der Waals surface area contributed by atoms with Gasteiger partial charge in [-0.1, -0.05) is 48.5 Å². The summed E-state index contributed by atoms with van der Waals surface area (Å²) in [6.45, 7) is 2.08. The number of nitrogens with one attached hydrogen (secondary N) is 1. The van der Waals surface area contributed by atoms with Crippen molar-refractivity contribution in [2.75, 3.05) is 10.2 Å². The van der Waals surface area contributed by atoms with E-state index in [1.54, 1.807) is 12.1 Å². The Morgan fingerprint density at radius 2 is 1.68 bits per heavy atom. The first kappa shape index (κ1) is 18.2. The van der Waals surface area contributed by atoms with Crippen molar-refractivity contribution >= 4 is 17.3 Å². The van der Waals surface area contributed by atoms with E-state index in [1.165, 1.54) is 12.1 Å². The molecule has 0 aliphatic carbocycles. The van der Waals surface area contributed by atoms with Crippen molar-refractivity contribution in [3.05, 3.63) is 95.8 Å². The van der Waals surface area contributed by atoms with Gasteiger partial charge >= 0.3 is 0 Å². The van der Waals surface area contributed by atoms with Crippen LogP contribution in [-0.2, 0) is 11.2 Å². The van der Waals surface area contributed by atoms with E-state index >= 15 is 0 Å². The average Bonchev–Trinajstić information content (AvgIpc) is 2.70. The summed E-state index contributed by atoms with van der Waals surface area (Å²) in [5, 5.41) is 3.60. The average molecular weight is 374 g/mol. The zero-order valence-electron chi connectivity index (χ0n) is 15.8. The Kier molecular flexibility index (Phi) is 5.11. The lowest BCUT2D eigenvalue weighted by molar-refractivity contribution is -0.118. The van der Waals surface area contributed by atoms with Gasteiger partial charge in [-0.25, -0.2) is 4.39 Å². The zero-order valence-corrected chi connectivity index (χ0v) is 15.8. The van der Waals surface area contributed by atoms with Crippen molar-refractivity contribution < 1.29 is 9.18 Å². The monoisotopic (exact) mass is 374 g/mol. The predicted octanol–water partition coefficient (Wildman–Crippen LogP) is 5.35. The number of anilines is 2. The fourth-order valence-corrected chi connectivity index (χ4v) is 3.93. The molecule has 0 fully saturated rings. The van der Waals surface area contributed by atoms with E-state index in [-0.39, 0.29) is 30.2 Å². The number of carbonyl (C=O) groups is 1. The first-order valence-corrected chi connectivity index (χ1v) is 9.59. The SMILES string of the molecule is C[C@H]1C[C@@H](Nc2ccccc2)c2ccccc2N1C(=O)Cc1ccc(F)cc1. The summed E-state index contributed by atoms with van der Waals surface area (Å²) in [4.78, 5) is 15.0. The van der Waals surface area contributed by atoms with Gasteiger partial charge in [0, 0.05) is 17.4 Å². The van der Waals surface area contributed by atoms with Crippen LogP contribution in [0.3, 0.4) is 0 Å². The molecule has 1 amide bonds. The zero-order chi connectivity index (χ0) is 19.5. The van der Waals surface area contributed by atoms with Crippen LogP contribution in [0.4, 0.5) is 15.8 Å². The molecule has 3 nitrogen and oxygen atoms in total. The number of rotatable bonds is 4. The van der Waals surface area contributed by atoms with Gasteiger partial charge in [0.15, 0.2) is 0 Å². The Bertz CT molecular complexity index is 956. The summed E-state index contributed by atoms with van der Waals surface area (Å²) in [7, 11) is 0. The highest BCUT2D eigenvalue weighted by atomic mass is 19.1. The summed E-state index contributed by atoms with van der Waals surface area (Å²) < 4.78 is 13.2. The molecule has 0 radical (unpaired) electrons. The van der Waals surface area contributed by atoms with E-state index < -0.39 is 0 Å². The van der Waals surface area contributed by atoms with Crippen LogP contribution in [0, 0.1) is 5.82 Å². The highest BCUT2D eigenvalue weighted by Gasteiger charge is 2.33. The van der Waals surface area contributed by atoms with Crippen molar-refractivity contribution in [3.8, 4) is 0 Å². The number of benzene rings is 3. The highest BCUT2D eigenvalue weighted by Crippen LogP contribution is 2.39. The molecule has 0 unspecified atom stereocenters. The fraction of sp³-hybridized carbons (Fsp3) is 0.208. The van der Waals surface area contributed by atoms with Crippen molar-refractivity contribution in [2.45, 2.75) is 31.8 Å². The van der Waals surface area contributed by atoms with Gasteiger partial charge in [-0.05, 0) is 54.8 Å². The van der Waals surface area contributed by atoms with Crippen molar-refractivity contribution in [1.82, 2.24) is 0 Å². The number of carbonyl (C=O) groups excluding carboxylic acids is 1. The number of amides is 1. The molecule has 28 heavy (non-hydrogen) atoms. The van der Waals surface area contributed by atoms with Gasteiger partial charge in [0.25, 0.3) is 0 Å². The molecule has 1 heterocycles. The van der Waals surface area contributed by atoms with Crippen LogP contribution >= 0.6 is 0 Å². The molecule has 1 aliphatic heterocycles. The Labute approximate surface area is 164 Å². The number of halogens is 1. The maximum Gasteiger partial charge on any atom is 0.231 e. The molecule has 3 aromatic carbocycles. The summed E-state index contributed by atoms with van der Waals surface area (Å²) in [5.41, 5.74) is 3.96. The van der Waals surface area contributed by atoms with Gasteiger partial charge in [-0.3, -0.25) is 4.79 Å². The van der Waals surface area contributed by atoms with Crippen LogP contribution in [0.1, 0.15) is 30.5 Å². The lowest BCUT2D eigenvalue weighted by Gasteiger charge is -2.40. The minimum Gasteiger partial charge on any atom is -0.378 e. The van der Waals surface area contributed by atoms with Crippen LogP contribution < -0.4 is 10.2 Å². The maximum atomic E-state index is 13.2. The second kappa shape index (κ2) is 7.85. The van der Waals surface area contributed by atoms with E-state index in [9.17, 15) is 9.18 Å². The molecule has 0 spiro atoms. The first-order chi connectivity index (χ1) is 13.6. The van der Waals surface area contributed by atoms with E-state index in [4.69, 9.17) is 0 Å². The number of fused-ring (bicyclic) bond motifs is 1. The molecular formula is C24H23FN2O. The van der Waals surface area contributed by atoms with Crippen LogP contribution in [0.5, 0.6) is 0 Å². The normalized spacial score (nSPS) is 18.4.